The fraction of sp³-hybridized carbons (Fsp3) is 0.0714. The molecule has 3 rings (SSSR count). The Hall–Kier alpha value is -2.09. The van der Waals surface area contributed by atoms with Crippen molar-refractivity contribution >= 4 is 10.8 Å². The lowest BCUT2D eigenvalue weighted by Gasteiger charge is -2.08. The average molecular weight is 208 g/mol. The van der Waals surface area contributed by atoms with Crippen molar-refractivity contribution in [3.63, 3.8) is 0 Å². The summed E-state index contributed by atoms with van der Waals surface area (Å²) >= 11 is 0. The van der Waals surface area contributed by atoms with Crippen molar-refractivity contribution in [1.29, 1.82) is 0 Å². The normalized spacial score (nSPS) is 10.8. The van der Waals surface area contributed by atoms with Crippen molar-refractivity contribution in [1.82, 2.24) is 10.2 Å². The number of nitrogens with one attached hydrogen (secondary N) is 1. The quantitative estimate of drug-likeness (QED) is 0.651. The van der Waals surface area contributed by atoms with E-state index in [0.717, 1.165) is 5.69 Å². The van der Waals surface area contributed by atoms with Crippen molar-refractivity contribution < 1.29 is 0 Å². The van der Waals surface area contributed by atoms with Crippen LogP contribution in [0.15, 0.2) is 48.7 Å². The predicted molar refractivity (Wildman–Crippen MR) is 66.3 cm³/mol. The van der Waals surface area contributed by atoms with E-state index in [9.17, 15) is 0 Å². The molecule has 0 aliphatic carbocycles. The summed E-state index contributed by atoms with van der Waals surface area (Å²) in [4.78, 5) is 0. The van der Waals surface area contributed by atoms with Crippen LogP contribution >= 0.6 is 0 Å². The highest BCUT2D eigenvalue weighted by Gasteiger charge is 2.07. The third kappa shape index (κ3) is 1.31. The molecule has 0 unspecified atom stereocenters. The van der Waals surface area contributed by atoms with Crippen LogP contribution < -0.4 is 0 Å². The van der Waals surface area contributed by atoms with E-state index >= 15 is 0 Å². The molecule has 2 nitrogen and oxygen atoms in total. The van der Waals surface area contributed by atoms with Gasteiger partial charge in [-0.2, -0.15) is 5.10 Å². The molecule has 0 fully saturated rings. The number of nitrogens with zero attached hydrogens (tertiary/aromatic N) is 1. The van der Waals surface area contributed by atoms with E-state index in [1.54, 1.807) is 6.20 Å². The summed E-state index contributed by atoms with van der Waals surface area (Å²) in [6, 6.07) is 14.7. The molecule has 0 aliphatic heterocycles. The Morgan fingerprint density at radius 3 is 2.69 bits per heavy atom. The van der Waals surface area contributed by atoms with Crippen LogP contribution in [0.3, 0.4) is 0 Å². The van der Waals surface area contributed by atoms with Gasteiger partial charge in [-0.05, 0) is 29.3 Å². The lowest BCUT2D eigenvalue weighted by atomic mass is 9.97. The standard InChI is InChI=1S/C14H12N2/c1-10-6-7-11-4-2-3-5-12(11)14(10)13-8-9-15-16-13/h2-9H,1H3,(H,15,16). The molecule has 3 aromatic rings. The maximum Gasteiger partial charge on any atom is 0.0659 e. The fourth-order valence-corrected chi connectivity index (χ4v) is 2.13. The van der Waals surface area contributed by atoms with E-state index in [-0.39, 0.29) is 0 Å². The summed E-state index contributed by atoms with van der Waals surface area (Å²) in [6.07, 6.45) is 1.79. The van der Waals surface area contributed by atoms with Crippen LogP contribution in [0.2, 0.25) is 0 Å². The van der Waals surface area contributed by atoms with Gasteiger partial charge in [0.05, 0.1) is 5.69 Å². The summed E-state index contributed by atoms with van der Waals surface area (Å²) in [6.45, 7) is 2.13. The van der Waals surface area contributed by atoms with Gasteiger partial charge >= 0.3 is 0 Å². The highest BCUT2D eigenvalue weighted by molar-refractivity contribution is 5.97. The van der Waals surface area contributed by atoms with Gasteiger partial charge in [-0.3, -0.25) is 5.10 Å². The summed E-state index contributed by atoms with van der Waals surface area (Å²) < 4.78 is 0. The maximum atomic E-state index is 4.02. The molecule has 78 valence electrons. The Morgan fingerprint density at radius 1 is 1.00 bits per heavy atom. The molecule has 0 saturated carbocycles. The molecule has 1 N–H and O–H groups in total. The monoisotopic (exact) mass is 208 g/mol. The van der Waals surface area contributed by atoms with Crippen LogP contribution in [0.1, 0.15) is 5.56 Å². The fourth-order valence-electron chi connectivity index (χ4n) is 2.13. The Bertz CT molecular complexity index is 624. The summed E-state index contributed by atoms with van der Waals surface area (Å²) in [5.74, 6) is 0. The summed E-state index contributed by atoms with van der Waals surface area (Å²) in [5.41, 5.74) is 3.59. The number of rotatable bonds is 1. The van der Waals surface area contributed by atoms with Gasteiger partial charge in [0.2, 0.25) is 0 Å². The molecule has 0 radical (unpaired) electrons. The molecule has 16 heavy (non-hydrogen) atoms. The van der Waals surface area contributed by atoms with Gasteiger partial charge in [-0.15, -0.1) is 0 Å². The number of aromatic amines is 1. The molecular weight excluding hydrogens is 196 g/mol. The zero-order valence-corrected chi connectivity index (χ0v) is 9.07. The minimum Gasteiger partial charge on any atom is -0.278 e. The highest BCUT2D eigenvalue weighted by atomic mass is 15.1. The van der Waals surface area contributed by atoms with E-state index in [4.69, 9.17) is 0 Å². The number of aromatic nitrogens is 2. The minimum atomic E-state index is 1.08. The number of hydrogen-bond donors (Lipinski definition) is 1. The second kappa shape index (κ2) is 3.49. The van der Waals surface area contributed by atoms with Gasteiger partial charge in [0.1, 0.15) is 0 Å². The Labute approximate surface area is 93.9 Å². The third-order valence-corrected chi connectivity index (χ3v) is 2.91. The van der Waals surface area contributed by atoms with E-state index in [1.807, 2.05) is 6.07 Å². The van der Waals surface area contributed by atoms with Crippen LogP contribution in [-0.4, -0.2) is 10.2 Å². The molecule has 0 spiro atoms. The van der Waals surface area contributed by atoms with Gasteiger partial charge in [-0.25, -0.2) is 0 Å². The van der Waals surface area contributed by atoms with Crippen LogP contribution in [0, 0.1) is 6.92 Å². The number of H-pyrrole nitrogens is 1. The van der Waals surface area contributed by atoms with E-state index in [0.29, 0.717) is 0 Å². The second-order valence-electron chi connectivity index (χ2n) is 3.95. The Balaban J connectivity index is 2.42. The Morgan fingerprint density at radius 2 is 1.88 bits per heavy atom. The smallest absolute Gasteiger partial charge is 0.0659 e. The second-order valence-corrected chi connectivity index (χ2v) is 3.95. The summed E-state index contributed by atoms with van der Waals surface area (Å²) in [7, 11) is 0. The molecule has 2 aromatic carbocycles. The largest absolute Gasteiger partial charge is 0.278 e. The molecule has 0 saturated heterocycles. The molecule has 1 heterocycles. The first-order valence-electron chi connectivity index (χ1n) is 5.34. The summed E-state index contributed by atoms with van der Waals surface area (Å²) in [5, 5.41) is 9.59. The van der Waals surface area contributed by atoms with Gasteiger partial charge < -0.3 is 0 Å². The van der Waals surface area contributed by atoms with Gasteiger partial charge in [-0.1, -0.05) is 36.4 Å². The lowest BCUT2D eigenvalue weighted by molar-refractivity contribution is 1.09. The van der Waals surface area contributed by atoms with Crippen LogP contribution in [0.4, 0.5) is 0 Å². The maximum absolute atomic E-state index is 4.02. The molecule has 1 aromatic heterocycles. The molecule has 0 aliphatic rings. The topological polar surface area (TPSA) is 28.7 Å². The number of fused-ring (bicyclic) bond motifs is 1. The highest BCUT2D eigenvalue weighted by Crippen LogP contribution is 2.30. The van der Waals surface area contributed by atoms with Crippen LogP contribution in [-0.2, 0) is 0 Å². The average Bonchev–Trinajstić information content (AvgIpc) is 2.82. The SMILES string of the molecule is Cc1ccc2ccccc2c1-c1ccn[nH]1. The van der Waals surface area contributed by atoms with Gasteiger partial charge in [0.15, 0.2) is 0 Å². The molecule has 0 atom stereocenters. The van der Waals surface area contributed by atoms with Crippen LogP contribution in [0.5, 0.6) is 0 Å². The molecule has 0 amide bonds. The molecular formula is C14H12N2. The minimum absolute atomic E-state index is 1.08. The van der Waals surface area contributed by atoms with Crippen molar-refractivity contribution in [3.05, 3.63) is 54.2 Å². The number of benzene rings is 2. The first-order chi connectivity index (χ1) is 7.86. The first-order valence-corrected chi connectivity index (χ1v) is 5.34. The van der Waals surface area contributed by atoms with E-state index in [1.165, 1.54) is 21.9 Å². The molecule has 0 bridgehead atoms. The molecule has 2 heteroatoms. The van der Waals surface area contributed by atoms with Gasteiger partial charge in [0, 0.05) is 11.8 Å². The van der Waals surface area contributed by atoms with Crippen molar-refractivity contribution in [2.45, 2.75) is 6.92 Å². The first kappa shape index (κ1) is 9.16. The van der Waals surface area contributed by atoms with Crippen molar-refractivity contribution in [3.8, 4) is 11.3 Å². The van der Waals surface area contributed by atoms with Gasteiger partial charge in [0.25, 0.3) is 0 Å². The lowest BCUT2D eigenvalue weighted by Crippen LogP contribution is -1.86. The van der Waals surface area contributed by atoms with E-state index in [2.05, 4.69) is 53.5 Å². The van der Waals surface area contributed by atoms with E-state index < -0.39 is 0 Å². The van der Waals surface area contributed by atoms with Crippen molar-refractivity contribution in [2.75, 3.05) is 0 Å². The predicted octanol–water partition coefficient (Wildman–Crippen LogP) is 3.54. The zero-order chi connectivity index (χ0) is 11.0. The van der Waals surface area contributed by atoms with Crippen molar-refractivity contribution in [2.24, 2.45) is 0 Å². The van der Waals surface area contributed by atoms with Crippen LogP contribution in [0.25, 0.3) is 22.0 Å². The zero-order valence-electron chi connectivity index (χ0n) is 9.07. The number of aryl methyl sites for hydroxylation is 1. The number of hydrogen-bond acceptors (Lipinski definition) is 1. The Kier molecular flexibility index (Phi) is 2.00. The third-order valence-electron chi connectivity index (χ3n) is 2.91.